The number of anilines is 1. The molecule has 0 radical (unpaired) electrons. The van der Waals surface area contributed by atoms with E-state index in [0.29, 0.717) is 16.9 Å². The number of para-hydroxylation sites is 1. The van der Waals surface area contributed by atoms with E-state index >= 15 is 0 Å². The van der Waals surface area contributed by atoms with Gasteiger partial charge in [0.05, 0.1) is 24.1 Å². The molecule has 0 saturated heterocycles. The average molecular weight is 479 g/mol. The first-order chi connectivity index (χ1) is 17.1. The molecule has 0 aromatic heterocycles. The number of fused-ring (bicyclic) bond motifs is 1. The topological polar surface area (TPSA) is 81.3 Å². The summed E-state index contributed by atoms with van der Waals surface area (Å²) in [5, 5.41) is 23.5. The highest BCUT2D eigenvalue weighted by Gasteiger charge is 2.66. The standard InChI is InChI=1S/C30H30N4O2/c1-28(2)21-14-10-11-15-22(21)34(5)27(28)29(3)24(20(16-31)17-32)25(26(29)35-6)30(4)33-18-23(36-30)19-12-8-7-9-13-19/h7-15,18,27,33H,1-6H3. The molecule has 0 amide bonds. The molecule has 2 aliphatic heterocycles. The van der Waals surface area contributed by atoms with E-state index < -0.39 is 11.1 Å². The highest BCUT2D eigenvalue weighted by atomic mass is 16.5. The van der Waals surface area contributed by atoms with Crippen LogP contribution in [-0.2, 0) is 14.9 Å². The first-order valence-electron chi connectivity index (χ1n) is 12.0. The van der Waals surface area contributed by atoms with E-state index in [1.54, 1.807) is 7.11 Å². The second-order valence-corrected chi connectivity index (χ2v) is 10.5. The van der Waals surface area contributed by atoms with Crippen molar-refractivity contribution in [3.8, 4) is 12.1 Å². The van der Waals surface area contributed by atoms with Crippen molar-refractivity contribution in [3.05, 3.63) is 94.4 Å². The lowest BCUT2D eigenvalue weighted by Crippen LogP contribution is -2.61. The van der Waals surface area contributed by atoms with E-state index in [4.69, 9.17) is 9.47 Å². The van der Waals surface area contributed by atoms with Gasteiger partial charge >= 0.3 is 0 Å². The molecule has 6 nitrogen and oxygen atoms in total. The molecular formula is C30H30N4O2. The molecule has 3 unspecified atom stereocenters. The van der Waals surface area contributed by atoms with Crippen LogP contribution in [0.2, 0.25) is 0 Å². The maximum absolute atomic E-state index is 10.1. The van der Waals surface area contributed by atoms with Gasteiger partial charge in [-0.1, -0.05) is 62.4 Å². The summed E-state index contributed by atoms with van der Waals surface area (Å²) in [5.74, 6) is 1.41. The minimum absolute atomic E-state index is 0.0771. The summed E-state index contributed by atoms with van der Waals surface area (Å²) >= 11 is 0. The molecule has 1 aliphatic carbocycles. The number of rotatable bonds is 4. The molecule has 3 atom stereocenters. The van der Waals surface area contributed by atoms with Crippen LogP contribution in [0.1, 0.15) is 38.8 Å². The summed E-state index contributed by atoms with van der Waals surface area (Å²) in [7, 11) is 3.73. The number of allylic oxidation sites excluding steroid dienone is 1. The molecule has 3 aliphatic rings. The third kappa shape index (κ3) is 2.94. The van der Waals surface area contributed by atoms with Crippen molar-refractivity contribution in [2.24, 2.45) is 5.41 Å². The van der Waals surface area contributed by atoms with Gasteiger partial charge in [-0.3, -0.25) is 0 Å². The molecule has 0 spiro atoms. The van der Waals surface area contributed by atoms with Crippen molar-refractivity contribution in [2.45, 2.75) is 44.9 Å². The number of benzene rings is 2. The second kappa shape index (κ2) is 7.93. The summed E-state index contributed by atoms with van der Waals surface area (Å²) < 4.78 is 12.6. The van der Waals surface area contributed by atoms with Gasteiger partial charge in [-0.2, -0.15) is 10.5 Å². The highest BCUT2D eigenvalue weighted by Crippen LogP contribution is 2.65. The molecule has 5 rings (SSSR count). The fourth-order valence-corrected chi connectivity index (χ4v) is 6.79. The Bertz CT molecular complexity index is 1410. The first-order valence-corrected chi connectivity index (χ1v) is 12.0. The van der Waals surface area contributed by atoms with Crippen LogP contribution in [0.15, 0.2) is 83.3 Å². The quantitative estimate of drug-likeness (QED) is 0.594. The molecule has 36 heavy (non-hydrogen) atoms. The Morgan fingerprint density at radius 2 is 1.64 bits per heavy atom. The lowest BCUT2D eigenvalue weighted by molar-refractivity contribution is 0.0530. The van der Waals surface area contributed by atoms with E-state index in [-0.39, 0.29) is 17.0 Å². The fourth-order valence-electron chi connectivity index (χ4n) is 6.79. The number of hydrogen-bond acceptors (Lipinski definition) is 6. The molecule has 1 N–H and O–H groups in total. The van der Waals surface area contributed by atoms with Gasteiger partial charge in [-0.15, -0.1) is 0 Å². The molecule has 2 aromatic carbocycles. The Morgan fingerprint density at radius 1 is 1.00 bits per heavy atom. The lowest BCUT2D eigenvalue weighted by atomic mass is 9.53. The maximum Gasteiger partial charge on any atom is 0.207 e. The van der Waals surface area contributed by atoms with Gasteiger partial charge in [0.1, 0.15) is 29.2 Å². The molecule has 182 valence electrons. The normalized spacial score (nSPS) is 27.7. The van der Waals surface area contributed by atoms with Crippen LogP contribution in [0.5, 0.6) is 0 Å². The number of nitrogens with one attached hydrogen (secondary N) is 1. The van der Waals surface area contributed by atoms with Gasteiger partial charge in [0.25, 0.3) is 0 Å². The van der Waals surface area contributed by atoms with Crippen LogP contribution in [0, 0.1) is 28.1 Å². The van der Waals surface area contributed by atoms with Gasteiger partial charge in [-0.05, 0) is 25.5 Å². The van der Waals surface area contributed by atoms with Crippen molar-refractivity contribution < 1.29 is 9.47 Å². The predicted octanol–water partition coefficient (Wildman–Crippen LogP) is 5.38. The zero-order chi connectivity index (χ0) is 25.9. The molecule has 0 fully saturated rings. The third-order valence-corrected chi connectivity index (χ3v) is 8.07. The van der Waals surface area contributed by atoms with Crippen LogP contribution < -0.4 is 10.2 Å². The van der Waals surface area contributed by atoms with E-state index in [1.165, 1.54) is 5.56 Å². The summed E-state index contributed by atoms with van der Waals surface area (Å²) in [5.41, 5.74) is 2.74. The van der Waals surface area contributed by atoms with Crippen molar-refractivity contribution in [1.82, 2.24) is 5.32 Å². The Balaban J connectivity index is 1.68. The average Bonchev–Trinajstić information content (AvgIpc) is 3.37. The van der Waals surface area contributed by atoms with Crippen molar-refractivity contribution in [1.29, 1.82) is 10.5 Å². The molecule has 2 heterocycles. The smallest absolute Gasteiger partial charge is 0.207 e. The minimum Gasteiger partial charge on any atom is -0.500 e. The number of nitrogens with zero attached hydrogens (tertiary/aromatic N) is 3. The van der Waals surface area contributed by atoms with Gasteiger partial charge in [0.15, 0.2) is 0 Å². The number of likely N-dealkylation sites (N-methyl/N-ethyl adjacent to an activating group) is 1. The van der Waals surface area contributed by atoms with E-state index in [0.717, 1.165) is 17.0 Å². The predicted molar refractivity (Wildman–Crippen MR) is 139 cm³/mol. The number of ether oxygens (including phenoxy) is 2. The first kappa shape index (κ1) is 23.6. The highest BCUT2D eigenvalue weighted by molar-refractivity contribution is 5.73. The number of nitriles is 2. The largest absolute Gasteiger partial charge is 0.500 e. The summed E-state index contributed by atoms with van der Waals surface area (Å²) in [4.78, 5) is 2.26. The van der Waals surface area contributed by atoms with E-state index in [9.17, 15) is 10.5 Å². The zero-order valence-electron chi connectivity index (χ0n) is 21.5. The van der Waals surface area contributed by atoms with Crippen LogP contribution in [0.25, 0.3) is 5.76 Å². The molecule has 0 saturated carbocycles. The SMILES string of the molecule is COC1=C(C2(C)NC=C(c3ccccc3)O2)C(=C(C#N)C#N)C1(C)C1N(C)c2ccccc2C1(C)C. The molecule has 2 aromatic rings. The van der Waals surface area contributed by atoms with Gasteiger partial charge in [-0.25, -0.2) is 0 Å². The number of methoxy groups -OCH3 is 1. The zero-order valence-corrected chi connectivity index (χ0v) is 21.5. The fraction of sp³-hybridized carbons (Fsp3) is 0.333. The Morgan fingerprint density at radius 3 is 2.25 bits per heavy atom. The van der Waals surface area contributed by atoms with E-state index in [1.807, 2.05) is 49.5 Å². The minimum atomic E-state index is -1.00. The maximum atomic E-state index is 10.1. The van der Waals surface area contributed by atoms with Crippen LogP contribution in [-0.4, -0.2) is 25.9 Å². The van der Waals surface area contributed by atoms with Crippen molar-refractivity contribution >= 4 is 11.4 Å². The molecule has 6 heteroatoms. The monoisotopic (exact) mass is 478 g/mol. The molecule has 0 bridgehead atoms. The second-order valence-electron chi connectivity index (χ2n) is 10.5. The summed E-state index contributed by atoms with van der Waals surface area (Å²) in [6.07, 6.45) is 1.84. The van der Waals surface area contributed by atoms with Gasteiger partial charge in [0, 0.05) is 35.5 Å². The van der Waals surface area contributed by atoms with Gasteiger partial charge in [0.2, 0.25) is 5.72 Å². The van der Waals surface area contributed by atoms with Crippen LogP contribution in [0.3, 0.4) is 0 Å². The Hall–Kier alpha value is -4.16. The summed E-state index contributed by atoms with van der Waals surface area (Å²) in [6, 6.07) is 22.4. The Labute approximate surface area is 212 Å². The lowest BCUT2D eigenvalue weighted by Gasteiger charge is -2.56. The Kier molecular flexibility index (Phi) is 5.19. The van der Waals surface area contributed by atoms with E-state index in [2.05, 4.69) is 68.4 Å². The number of hydrogen-bond donors (Lipinski definition) is 1. The van der Waals surface area contributed by atoms with Crippen molar-refractivity contribution in [2.75, 3.05) is 19.1 Å². The van der Waals surface area contributed by atoms with Crippen molar-refractivity contribution in [3.63, 3.8) is 0 Å². The third-order valence-electron chi connectivity index (χ3n) is 8.07. The van der Waals surface area contributed by atoms with Crippen LogP contribution >= 0.6 is 0 Å². The van der Waals surface area contributed by atoms with Gasteiger partial charge < -0.3 is 19.7 Å². The summed E-state index contributed by atoms with van der Waals surface area (Å²) in [6.45, 7) is 8.43. The van der Waals surface area contributed by atoms with Crippen LogP contribution in [0.4, 0.5) is 5.69 Å². The molecular weight excluding hydrogens is 448 g/mol.